The van der Waals surface area contributed by atoms with Crippen LogP contribution in [-0.4, -0.2) is 37.7 Å². The van der Waals surface area contributed by atoms with Crippen LogP contribution in [0.2, 0.25) is 0 Å². The number of likely N-dealkylation sites (N-methyl/N-ethyl adjacent to an activating group) is 1. The predicted octanol–water partition coefficient (Wildman–Crippen LogP) is 5.77. The van der Waals surface area contributed by atoms with E-state index < -0.39 is 11.7 Å². The maximum atomic E-state index is 12.9. The second-order valence-electron chi connectivity index (χ2n) is 8.64. The zero-order chi connectivity index (χ0) is 20.5. The quantitative estimate of drug-likeness (QED) is 0.595. The molecule has 0 bridgehead atoms. The van der Waals surface area contributed by atoms with Gasteiger partial charge in [0.15, 0.2) is 0 Å². The molecule has 1 saturated heterocycles. The van der Waals surface area contributed by atoms with Crippen molar-refractivity contribution in [2.24, 2.45) is 5.92 Å². The van der Waals surface area contributed by atoms with Crippen molar-refractivity contribution in [3.8, 4) is 0 Å². The first-order valence-corrected chi connectivity index (χ1v) is 9.70. The molecule has 2 atom stereocenters. The van der Waals surface area contributed by atoms with Crippen LogP contribution < -0.4 is 5.32 Å². The minimum atomic E-state index is -4.30. The SMILES string of the molecule is CN(C)CCOC1=CCC2C(=C1)NC(C)(C)CC2c1ccc(C(F)(F)F)cc1.Cl.Cl. The largest absolute Gasteiger partial charge is 0.493 e. The van der Waals surface area contributed by atoms with Crippen LogP contribution in [0.15, 0.2) is 47.9 Å². The van der Waals surface area contributed by atoms with Gasteiger partial charge in [0.2, 0.25) is 0 Å². The number of benzene rings is 1. The summed E-state index contributed by atoms with van der Waals surface area (Å²) in [5.41, 5.74) is 1.34. The molecule has 1 N–H and O–H groups in total. The maximum Gasteiger partial charge on any atom is 0.416 e. The number of halogens is 5. The van der Waals surface area contributed by atoms with E-state index in [1.807, 2.05) is 14.1 Å². The minimum Gasteiger partial charge on any atom is -0.493 e. The summed E-state index contributed by atoms with van der Waals surface area (Å²) in [6.45, 7) is 5.73. The summed E-state index contributed by atoms with van der Waals surface area (Å²) in [4.78, 5) is 2.07. The van der Waals surface area contributed by atoms with Crippen molar-refractivity contribution in [1.29, 1.82) is 0 Å². The number of allylic oxidation sites excluding steroid dienone is 3. The second kappa shape index (κ2) is 10.3. The van der Waals surface area contributed by atoms with Gasteiger partial charge in [0.1, 0.15) is 12.4 Å². The zero-order valence-corrected chi connectivity index (χ0v) is 19.4. The molecule has 1 aromatic carbocycles. The lowest BCUT2D eigenvalue weighted by atomic mass is 9.70. The summed E-state index contributed by atoms with van der Waals surface area (Å²) < 4.78 is 44.6. The van der Waals surface area contributed by atoms with E-state index in [9.17, 15) is 13.2 Å². The highest BCUT2D eigenvalue weighted by molar-refractivity contribution is 5.85. The molecule has 1 aliphatic heterocycles. The summed E-state index contributed by atoms with van der Waals surface area (Å²) in [5.74, 6) is 1.26. The van der Waals surface area contributed by atoms with Gasteiger partial charge in [0.25, 0.3) is 0 Å². The molecule has 0 radical (unpaired) electrons. The van der Waals surface area contributed by atoms with Crippen LogP contribution in [0.1, 0.15) is 43.7 Å². The number of rotatable bonds is 5. The van der Waals surface area contributed by atoms with Crippen LogP contribution in [0.3, 0.4) is 0 Å². The Bertz CT molecular complexity index is 759. The molecule has 1 aliphatic carbocycles. The highest BCUT2D eigenvalue weighted by atomic mass is 35.5. The predicted molar refractivity (Wildman–Crippen MR) is 119 cm³/mol. The Labute approximate surface area is 189 Å². The van der Waals surface area contributed by atoms with E-state index in [4.69, 9.17) is 4.74 Å². The van der Waals surface area contributed by atoms with Crippen LogP contribution in [0.25, 0.3) is 0 Å². The van der Waals surface area contributed by atoms with E-state index in [2.05, 4.69) is 36.2 Å². The first kappa shape index (κ1) is 26.7. The fraction of sp³-hybridized carbons (Fsp3) is 0.545. The summed E-state index contributed by atoms with van der Waals surface area (Å²) >= 11 is 0. The molecule has 170 valence electrons. The van der Waals surface area contributed by atoms with Crippen molar-refractivity contribution in [2.75, 3.05) is 27.2 Å². The Morgan fingerprint density at radius 2 is 1.73 bits per heavy atom. The molecule has 0 saturated carbocycles. The Hall–Kier alpha value is -1.37. The summed E-state index contributed by atoms with van der Waals surface area (Å²) in [5, 5.41) is 3.61. The fourth-order valence-electron chi connectivity index (χ4n) is 4.05. The fourth-order valence-corrected chi connectivity index (χ4v) is 4.05. The Morgan fingerprint density at radius 1 is 1.10 bits per heavy atom. The minimum absolute atomic E-state index is 0. The number of nitrogens with zero attached hydrogens (tertiary/aromatic N) is 1. The molecule has 0 spiro atoms. The number of fused-ring (bicyclic) bond motifs is 1. The van der Waals surface area contributed by atoms with E-state index >= 15 is 0 Å². The molecule has 2 aliphatic rings. The number of ether oxygens (including phenoxy) is 1. The van der Waals surface area contributed by atoms with E-state index in [0.29, 0.717) is 6.61 Å². The van der Waals surface area contributed by atoms with Gasteiger partial charge < -0.3 is 15.0 Å². The van der Waals surface area contributed by atoms with Crippen molar-refractivity contribution < 1.29 is 17.9 Å². The van der Waals surface area contributed by atoms with Crippen molar-refractivity contribution in [1.82, 2.24) is 10.2 Å². The van der Waals surface area contributed by atoms with Gasteiger partial charge in [0.05, 0.1) is 5.56 Å². The topological polar surface area (TPSA) is 24.5 Å². The third-order valence-electron chi connectivity index (χ3n) is 5.44. The Morgan fingerprint density at radius 3 is 2.30 bits per heavy atom. The number of hydrogen-bond donors (Lipinski definition) is 1. The van der Waals surface area contributed by atoms with Gasteiger partial charge in [-0.1, -0.05) is 12.1 Å². The number of nitrogens with one attached hydrogen (secondary N) is 1. The molecule has 30 heavy (non-hydrogen) atoms. The molecule has 0 aromatic heterocycles. The van der Waals surface area contributed by atoms with Crippen molar-refractivity contribution >= 4 is 24.8 Å². The van der Waals surface area contributed by atoms with Gasteiger partial charge in [-0.2, -0.15) is 13.2 Å². The molecule has 0 amide bonds. The zero-order valence-electron chi connectivity index (χ0n) is 17.8. The van der Waals surface area contributed by atoms with Crippen LogP contribution in [0.5, 0.6) is 0 Å². The van der Waals surface area contributed by atoms with Crippen LogP contribution in [0.4, 0.5) is 13.2 Å². The number of hydrogen-bond acceptors (Lipinski definition) is 3. The van der Waals surface area contributed by atoms with E-state index in [1.165, 1.54) is 12.1 Å². The monoisotopic (exact) mass is 466 g/mol. The summed E-state index contributed by atoms with van der Waals surface area (Å²) in [7, 11) is 4.01. The van der Waals surface area contributed by atoms with E-state index in [-0.39, 0.29) is 42.2 Å². The van der Waals surface area contributed by atoms with Gasteiger partial charge in [-0.15, -0.1) is 24.8 Å². The van der Waals surface area contributed by atoms with Crippen LogP contribution >= 0.6 is 24.8 Å². The molecular formula is C22H31Cl2F3N2O. The maximum absolute atomic E-state index is 12.9. The Kier molecular flexibility index (Phi) is 9.15. The average molecular weight is 467 g/mol. The lowest BCUT2D eigenvalue weighted by Crippen LogP contribution is -2.48. The van der Waals surface area contributed by atoms with E-state index in [1.54, 1.807) is 12.1 Å². The Balaban J connectivity index is 0.00000225. The van der Waals surface area contributed by atoms with Crippen molar-refractivity contribution in [3.63, 3.8) is 0 Å². The van der Waals surface area contributed by atoms with Gasteiger partial charge in [-0.3, -0.25) is 0 Å². The van der Waals surface area contributed by atoms with Gasteiger partial charge in [0, 0.05) is 23.7 Å². The second-order valence-corrected chi connectivity index (χ2v) is 8.64. The normalized spacial score (nSPS) is 22.5. The molecule has 8 heteroatoms. The molecule has 3 nitrogen and oxygen atoms in total. The number of alkyl halides is 3. The third kappa shape index (κ3) is 6.56. The summed E-state index contributed by atoms with van der Waals surface area (Å²) in [6.07, 6.45) is 1.54. The van der Waals surface area contributed by atoms with Crippen molar-refractivity contribution in [2.45, 2.75) is 44.3 Å². The molecule has 2 unspecified atom stereocenters. The van der Waals surface area contributed by atoms with Crippen molar-refractivity contribution in [3.05, 3.63) is 59.0 Å². The van der Waals surface area contributed by atoms with E-state index in [0.717, 1.165) is 36.4 Å². The lowest BCUT2D eigenvalue weighted by Gasteiger charge is -2.45. The first-order valence-electron chi connectivity index (χ1n) is 9.70. The highest BCUT2D eigenvalue weighted by Gasteiger charge is 2.39. The number of piperidine rings is 1. The average Bonchev–Trinajstić information content (AvgIpc) is 2.59. The summed E-state index contributed by atoms with van der Waals surface area (Å²) in [6, 6.07) is 5.67. The standard InChI is InChI=1S/C22H29F3N2O.2ClH/c1-21(2)14-19(15-5-7-16(8-6-15)22(23,24)25)18-10-9-17(13-20(18)26-21)28-12-11-27(3)4;;/h5-9,13,18-19,26H,10-12,14H2,1-4H3;2*1H. The van der Waals surface area contributed by atoms with Gasteiger partial charge in [-0.05, 0) is 76.6 Å². The molecule has 1 aromatic rings. The lowest BCUT2D eigenvalue weighted by molar-refractivity contribution is -0.137. The smallest absolute Gasteiger partial charge is 0.416 e. The van der Waals surface area contributed by atoms with Gasteiger partial charge >= 0.3 is 6.18 Å². The van der Waals surface area contributed by atoms with Crippen LogP contribution in [0, 0.1) is 5.92 Å². The highest BCUT2D eigenvalue weighted by Crippen LogP contribution is 2.45. The first-order chi connectivity index (χ1) is 13.0. The molecule has 1 fully saturated rings. The van der Waals surface area contributed by atoms with Crippen LogP contribution in [-0.2, 0) is 10.9 Å². The molecular weight excluding hydrogens is 436 g/mol. The molecule has 3 rings (SSSR count). The third-order valence-corrected chi connectivity index (χ3v) is 5.44. The molecule has 1 heterocycles. The van der Waals surface area contributed by atoms with Gasteiger partial charge in [-0.25, -0.2) is 0 Å².